The van der Waals surface area contributed by atoms with Crippen molar-refractivity contribution in [3.05, 3.63) is 77.0 Å². The van der Waals surface area contributed by atoms with E-state index >= 15 is 0 Å². The molecule has 2 aromatic carbocycles. The van der Waals surface area contributed by atoms with Crippen LogP contribution >= 0.6 is 0 Å². The van der Waals surface area contributed by atoms with Crippen LogP contribution in [0.5, 0.6) is 11.6 Å². The van der Waals surface area contributed by atoms with Crippen LogP contribution in [0.1, 0.15) is 36.1 Å². The van der Waals surface area contributed by atoms with Crippen molar-refractivity contribution in [1.82, 2.24) is 14.9 Å². The Balaban J connectivity index is 1.44. The fraction of sp³-hybridized carbons (Fsp3) is 0.360. The highest BCUT2D eigenvalue weighted by Crippen LogP contribution is 2.32. The number of fused-ring (bicyclic) bond motifs is 1. The van der Waals surface area contributed by atoms with E-state index in [2.05, 4.69) is 9.80 Å². The lowest BCUT2D eigenvalue weighted by Gasteiger charge is -2.32. The molecule has 2 aliphatic heterocycles. The van der Waals surface area contributed by atoms with Gasteiger partial charge in [0.2, 0.25) is 11.8 Å². The molecule has 0 aliphatic carbocycles. The largest absolute Gasteiger partial charge is 0.438 e. The predicted octanol–water partition coefficient (Wildman–Crippen LogP) is 5.10. The van der Waals surface area contributed by atoms with Gasteiger partial charge in [-0.15, -0.1) is 0 Å². The third-order valence-electron chi connectivity index (χ3n) is 6.08. The summed E-state index contributed by atoms with van der Waals surface area (Å²) in [7, 11) is 0. The molecule has 0 spiro atoms. The molecule has 7 heteroatoms. The van der Waals surface area contributed by atoms with Crippen molar-refractivity contribution >= 4 is 5.95 Å². The van der Waals surface area contributed by atoms with Crippen LogP contribution in [0.3, 0.4) is 0 Å². The van der Waals surface area contributed by atoms with Gasteiger partial charge in [0.25, 0.3) is 0 Å². The maximum Gasteiger partial charge on any atom is 0.228 e. The van der Waals surface area contributed by atoms with E-state index in [0.29, 0.717) is 30.7 Å². The molecule has 0 N–H and O–H groups in total. The number of hydrogen-bond acceptors (Lipinski definition) is 5. The minimum atomic E-state index is -0.304. The molecule has 5 nitrogen and oxygen atoms in total. The molecule has 3 heterocycles. The van der Waals surface area contributed by atoms with Gasteiger partial charge in [0.15, 0.2) is 0 Å². The summed E-state index contributed by atoms with van der Waals surface area (Å²) in [6.07, 6.45) is 4.30. The van der Waals surface area contributed by atoms with Gasteiger partial charge in [-0.2, -0.15) is 4.98 Å². The highest BCUT2D eigenvalue weighted by atomic mass is 19.1. The van der Waals surface area contributed by atoms with Gasteiger partial charge >= 0.3 is 0 Å². The first-order chi connectivity index (χ1) is 15.6. The van der Waals surface area contributed by atoms with E-state index in [9.17, 15) is 8.78 Å². The molecule has 0 radical (unpaired) electrons. The van der Waals surface area contributed by atoms with Gasteiger partial charge in [-0.05, 0) is 61.2 Å². The second-order valence-corrected chi connectivity index (χ2v) is 8.44. The summed E-state index contributed by atoms with van der Waals surface area (Å²) in [6.45, 7) is 4.11. The Morgan fingerprint density at radius 1 is 0.812 bits per heavy atom. The van der Waals surface area contributed by atoms with E-state index in [1.165, 1.54) is 30.7 Å². The van der Waals surface area contributed by atoms with Crippen LogP contribution in [0.4, 0.5) is 14.7 Å². The quantitative estimate of drug-likeness (QED) is 0.557. The number of ether oxygens (including phenoxy) is 1. The molecular weight excluding hydrogens is 410 g/mol. The predicted molar refractivity (Wildman–Crippen MR) is 119 cm³/mol. The Morgan fingerprint density at radius 3 is 2.22 bits per heavy atom. The van der Waals surface area contributed by atoms with Gasteiger partial charge < -0.3 is 9.64 Å². The summed E-state index contributed by atoms with van der Waals surface area (Å²) in [5.41, 5.74) is 3.03. The summed E-state index contributed by atoms with van der Waals surface area (Å²) in [5.74, 6) is 1.26. The molecule has 0 saturated carbocycles. The molecule has 0 unspecified atom stereocenters. The van der Waals surface area contributed by atoms with Crippen LogP contribution in [0.15, 0.2) is 48.5 Å². The van der Waals surface area contributed by atoms with E-state index in [4.69, 9.17) is 14.7 Å². The number of anilines is 1. The van der Waals surface area contributed by atoms with Crippen molar-refractivity contribution in [1.29, 1.82) is 0 Å². The normalized spacial score (nSPS) is 16.6. The molecular formula is C25H26F2N4O. The number of hydrogen-bond donors (Lipinski definition) is 0. The van der Waals surface area contributed by atoms with Gasteiger partial charge in [0, 0.05) is 39.1 Å². The van der Waals surface area contributed by atoms with Crippen LogP contribution in [-0.4, -0.2) is 34.5 Å². The van der Waals surface area contributed by atoms with E-state index in [0.717, 1.165) is 55.7 Å². The van der Waals surface area contributed by atoms with Crippen LogP contribution < -0.4 is 9.64 Å². The Kier molecular flexibility index (Phi) is 5.99. The van der Waals surface area contributed by atoms with Gasteiger partial charge in [0.1, 0.15) is 17.4 Å². The minimum Gasteiger partial charge on any atom is -0.438 e. The van der Waals surface area contributed by atoms with E-state index in [-0.39, 0.29) is 11.6 Å². The lowest BCUT2D eigenvalue weighted by Crippen LogP contribution is -2.34. The fourth-order valence-corrected chi connectivity index (χ4v) is 4.34. The second-order valence-electron chi connectivity index (χ2n) is 8.44. The van der Waals surface area contributed by atoms with Crippen molar-refractivity contribution in [3.8, 4) is 11.6 Å². The maximum absolute atomic E-state index is 13.4. The summed E-state index contributed by atoms with van der Waals surface area (Å²) in [4.78, 5) is 14.2. The molecule has 166 valence electrons. The molecule has 32 heavy (non-hydrogen) atoms. The van der Waals surface area contributed by atoms with E-state index in [1.807, 2.05) is 12.1 Å². The molecule has 5 rings (SSSR count). The first-order valence-corrected chi connectivity index (χ1v) is 11.2. The molecule has 1 saturated heterocycles. The Morgan fingerprint density at radius 2 is 1.50 bits per heavy atom. The number of piperidine rings is 1. The minimum absolute atomic E-state index is 0.230. The SMILES string of the molecule is Fc1ccc(CN2CCc3nc(N4CCCCC4)nc(Oc4ccc(F)cc4)c3C2)cc1. The standard InChI is InChI=1S/C25H26F2N4O/c26-19-6-4-18(5-7-19)16-30-15-12-23-22(17-30)24(32-21-10-8-20(27)9-11-21)29-25(28-23)31-13-2-1-3-14-31/h4-11H,1-3,12-17H2. The monoisotopic (exact) mass is 436 g/mol. The first kappa shape index (κ1) is 20.8. The van der Waals surface area contributed by atoms with Gasteiger partial charge in [-0.1, -0.05) is 12.1 Å². The summed E-state index contributed by atoms with van der Waals surface area (Å²) < 4.78 is 32.8. The lowest BCUT2D eigenvalue weighted by atomic mass is 10.1. The summed E-state index contributed by atoms with van der Waals surface area (Å²) >= 11 is 0. The topological polar surface area (TPSA) is 41.5 Å². The number of halogens is 2. The van der Waals surface area contributed by atoms with Crippen LogP contribution in [-0.2, 0) is 19.5 Å². The zero-order chi connectivity index (χ0) is 21.9. The van der Waals surface area contributed by atoms with Crippen LogP contribution in [0.2, 0.25) is 0 Å². The number of benzene rings is 2. The molecule has 0 bridgehead atoms. The summed E-state index contributed by atoms with van der Waals surface area (Å²) in [5, 5.41) is 0. The van der Waals surface area contributed by atoms with Gasteiger partial charge in [-0.3, -0.25) is 4.90 Å². The molecule has 2 aliphatic rings. The molecule has 3 aromatic rings. The fourth-order valence-electron chi connectivity index (χ4n) is 4.34. The summed E-state index contributed by atoms with van der Waals surface area (Å²) in [6, 6.07) is 12.6. The van der Waals surface area contributed by atoms with Crippen molar-refractivity contribution in [3.63, 3.8) is 0 Å². The third kappa shape index (κ3) is 4.72. The lowest BCUT2D eigenvalue weighted by molar-refractivity contribution is 0.238. The first-order valence-electron chi connectivity index (χ1n) is 11.2. The van der Waals surface area contributed by atoms with Crippen molar-refractivity contribution < 1.29 is 13.5 Å². The Bertz CT molecular complexity index is 1070. The maximum atomic E-state index is 13.4. The van der Waals surface area contributed by atoms with Gasteiger partial charge in [-0.25, -0.2) is 13.8 Å². The van der Waals surface area contributed by atoms with E-state index in [1.54, 1.807) is 12.1 Å². The highest BCUT2D eigenvalue weighted by Gasteiger charge is 2.26. The zero-order valence-electron chi connectivity index (χ0n) is 17.9. The average molecular weight is 437 g/mol. The van der Waals surface area contributed by atoms with Crippen molar-refractivity contribution in [2.75, 3.05) is 24.5 Å². The molecule has 0 atom stereocenters. The highest BCUT2D eigenvalue weighted by molar-refractivity contribution is 5.43. The molecule has 1 aromatic heterocycles. The van der Waals surface area contributed by atoms with E-state index < -0.39 is 0 Å². The molecule has 0 amide bonds. The number of aromatic nitrogens is 2. The molecule has 1 fully saturated rings. The van der Waals surface area contributed by atoms with Crippen molar-refractivity contribution in [2.45, 2.75) is 38.8 Å². The number of rotatable bonds is 5. The zero-order valence-corrected chi connectivity index (χ0v) is 17.9. The Labute approximate surface area is 186 Å². The second kappa shape index (κ2) is 9.20. The van der Waals surface area contributed by atoms with Crippen LogP contribution in [0.25, 0.3) is 0 Å². The average Bonchev–Trinajstić information content (AvgIpc) is 2.83. The van der Waals surface area contributed by atoms with Crippen molar-refractivity contribution in [2.24, 2.45) is 0 Å². The Hall–Kier alpha value is -3.06. The smallest absolute Gasteiger partial charge is 0.228 e. The van der Waals surface area contributed by atoms with Crippen LogP contribution in [0, 0.1) is 11.6 Å². The van der Waals surface area contributed by atoms with Gasteiger partial charge in [0.05, 0.1) is 11.3 Å². The number of nitrogens with zero attached hydrogens (tertiary/aromatic N) is 4. The third-order valence-corrected chi connectivity index (χ3v) is 6.08.